The first-order chi connectivity index (χ1) is 7.79. The summed E-state index contributed by atoms with van der Waals surface area (Å²) >= 11 is 0. The van der Waals surface area contributed by atoms with Gasteiger partial charge in [-0.15, -0.1) is 0 Å². The molecule has 2 fully saturated rings. The zero-order valence-electron chi connectivity index (χ0n) is 10.9. The Bertz CT molecular complexity index is 191. The van der Waals surface area contributed by atoms with Crippen LogP contribution < -0.4 is 5.32 Å². The van der Waals surface area contributed by atoms with Crippen molar-refractivity contribution in [3.63, 3.8) is 0 Å². The molecular formula is C14H28N2. The van der Waals surface area contributed by atoms with Gasteiger partial charge >= 0.3 is 0 Å². The first kappa shape index (κ1) is 12.4. The number of likely N-dealkylation sites (tertiary alicyclic amines) is 1. The molecule has 0 spiro atoms. The van der Waals surface area contributed by atoms with E-state index in [1.165, 1.54) is 77.7 Å². The number of hydrogen-bond donors (Lipinski definition) is 1. The molecule has 0 atom stereocenters. The molecule has 2 heteroatoms. The Balaban J connectivity index is 1.54. The number of hydrogen-bond acceptors (Lipinski definition) is 2. The van der Waals surface area contributed by atoms with Crippen molar-refractivity contribution >= 4 is 0 Å². The molecule has 0 bridgehead atoms. The van der Waals surface area contributed by atoms with Crippen LogP contribution in [0.25, 0.3) is 0 Å². The Morgan fingerprint density at radius 1 is 1.00 bits per heavy atom. The van der Waals surface area contributed by atoms with Crippen molar-refractivity contribution in [2.24, 2.45) is 5.41 Å². The summed E-state index contributed by atoms with van der Waals surface area (Å²) in [6.45, 7) is 8.80. The van der Waals surface area contributed by atoms with Crippen LogP contribution in [-0.2, 0) is 0 Å². The van der Waals surface area contributed by atoms with Crippen molar-refractivity contribution in [1.82, 2.24) is 10.2 Å². The summed E-state index contributed by atoms with van der Waals surface area (Å²) in [4.78, 5) is 2.62. The van der Waals surface area contributed by atoms with E-state index in [9.17, 15) is 0 Å². The lowest BCUT2D eigenvalue weighted by Crippen LogP contribution is -2.38. The fourth-order valence-electron chi connectivity index (χ4n) is 3.22. The highest BCUT2D eigenvalue weighted by Crippen LogP contribution is 2.36. The van der Waals surface area contributed by atoms with E-state index in [0.717, 1.165) is 0 Å². The molecule has 0 unspecified atom stereocenters. The first-order valence-electron chi connectivity index (χ1n) is 7.22. The lowest BCUT2D eigenvalue weighted by molar-refractivity contribution is 0.222. The second-order valence-electron chi connectivity index (χ2n) is 6.10. The van der Waals surface area contributed by atoms with Gasteiger partial charge in [-0.1, -0.05) is 26.2 Å². The SMILES string of the molecule is CC1(CNCCN2CCCCC2)CCCC1. The van der Waals surface area contributed by atoms with Gasteiger partial charge in [0.15, 0.2) is 0 Å². The van der Waals surface area contributed by atoms with Crippen LogP contribution in [0.5, 0.6) is 0 Å². The molecule has 1 saturated heterocycles. The third kappa shape index (κ3) is 3.74. The van der Waals surface area contributed by atoms with Crippen LogP contribution in [-0.4, -0.2) is 37.6 Å². The lowest BCUT2D eigenvalue weighted by atomic mass is 9.89. The normalized spacial score (nSPS) is 26.1. The number of nitrogens with one attached hydrogen (secondary N) is 1. The average Bonchev–Trinajstić information content (AvgIpc) is 2.74. The minimum atomic E-state index is 0.613. The van der Waals surface area contributed by atoms with Gasteiger partial charge in [-0.3, -0.25) is 0 Å². The summed E-state index contributed by atoms with van der Waals surface area (Å²) in [7, 11) is 0. The molecule has 2 nitrogen and oxygen atoms in total. The summed E-state index contributed by atoms with van der Waals surface area (Å²) < 4.78 is 0. The summed E-state index contributed by atoms with van der Waals surface area (Å²) in [6, 6.07) is 0. The van der Waals surface area contributed by atoms with E-state index in [1.54, 1.807) is 0 Å². The van der Waals surface area contributed by atoms with Gasteiger partial charge in [0.05, 0.1) is 0 Å². The van der Waals surface area contributed by atoms with Crippen molar-refractivity contribution in [2.45, 2.75) is 51.9 Å². The molecule has 0 amide bonds. The van der Waals surface area contributed by atoms with E-state index in [-0.39, 0.29) is 0 Å². The molecule has 94 valence electrons. The Kier molecular flexibility index (Phi) is 4.66. The van der Waals surface area contributed by atoms with Crippen molar-refractivity contribution in [3.05, 3.63) is 0 Å². The number of rotatable bonds is 5. The van der Waals surface area contributed by atoms with Crippen molar-refractivity contribution in [3.8, 4) is 0 Å². The topological polar surface area (TPSA) is 15.3 Å². The molecule has 0 aromatic carbocycles. The highest BCUT2D eigenvalue weighted by molar-refractivity contribution is 4.82. The van der Waals surface area contributed by atoms with E-state index in [2.05, 4.69) is 17.1 Å². The van der Waals surface area contributed by atoms with Crippen LogP contribution in [0.4, 0.5) is 0 Å². The first-order valence-corrected chi connectivity index (χ1v) is 7.22. The highest BCUT2D eigenvalue weighted by atomic mass is 15.1. The maximum absolute atomic E-state index is 3.67. The van der Waals surface area contributed by atoms with Gasteiger partial charge in [-0.05, 0) is 44.2 Å². The second kappa shape index (κ2) is 6.02. The average molecular weight is 224 g/mol. The van der Waals surface area contributed by atoms with Gasteiger partial charge in [0.2, 0.25) is 0 Å². The van der Waals surface area contributed by atoms with E-state index < -0.39 is 0 Å². The molecular weight excluding hydrogens is 196 g/mol. The van der Waals surface area contributed by atoms with E-state index in [1.807, 2.05) is 0 Å². The Morgan fingerprint density at radius 3 is 2.38 bits per heavy atom. The zero-order chi connectivity index (χ0) is 11.3. The van der Waals surface area contributed by atoms with Crippen LogP contribution in [0, 0.1) is 5.41 Å². The van der Waals surface area contributed by atoms with Gasteiger partial charge in [0.25, 0.3) is 0 Å². The Labute approximate surface area is 101 Å². The fourth-order valence-corrected chi connectivity index (χ4v) is 3.22. The molecule has 1 aliphatic carbocycles. The minimum absolute atomic E-state index is 0.613. The molecule has 1 heterocycles. The maximum Gasteiger partial charge on any atom is 0.0107 e. The van der Waals surface area contributed by atoms with Gasteiger partial charge in [0.1, 0.15) is 0 Å². The molecule has 0 aromatic heterocycles. The van der Waals surface area contributed by atoms with E-state index in [4.69, 9.17) is 0 Å². The van der Waals surface area contributed by atoms with Crippen LogP contribution in [0.3, 0.4) is 0 Å². The quantitative estimate of drug-likeness (QED) is 0.722. The Morgan fingerprint density at radius 2 is 1.69 bits per heavy atom. The van der Waals surface area contributed by atoms with Gasteiger partial charge in [0, 0.05) is 19.6 Å². The van der Waals surface area contributed by atoms with E-state index in [0.29, 0.717) is 5.41 Å². The molecule has 1 aliphatic heterocycles. The molecule has 1 N–H and O–H groups in total. The molecule has 16 heavy (non-hydrogen) atoms. The minimum Gasteiger partial charge on any atom is -0.315 e. The third-order valence-corrected chi connectivity index (χ3v) is 4.42. The van der Waals surface area contributed by atoms with Crippen LogP contribution in [0.1, 0.15) is 51.9 Å². The fraction of sp³-hybridized carbons (Fsp3) is 1.00. The van der Waals surface area contributed by atoms with E-state index >= 15 is 0 Å². The van der Waals surface area contributed by atoms with Crippen LogP contribution in [0.15, 0.2) is 0 Å². The molecule has 0 radical (unpaired) electrons. The maximum atomic E-state index is 3.67. The molecule has 2 rings (SSSR count). The van der Waals surface area contributed by atoms with Crippen molar-refractivity contribution in [2.75, 3.05) is 32.7 Å². The van der Waals surface area contributed by atoms with Gasteiger partial charge < -0.3 is 10.2 Å². The summed E-state index contributed by atoms with van der Waals surface area (Å²) in [5.41, 5.74) is 0.613. The third-order valence-electron chi connectivity index (χ3n) is 4.42. The van der Waals surface area contributed by atoms with Crippen molar-refractivity contribution < 1.29 is 0 Å². The predicted octanol–water partition coefficient (Wildman–Crippen LogP) is 2.64. The second-order valence-corrected chi connectivity index (χ2v) is 6.10. The molecule has 0 aromatic rings. The monoisotopic (exact) mass is 224 g/mol. The van der Waals surface area contributed by atoms with Crippen LogP contribution in [0.2, 0.25) is 0 Å². The predicted molar refractivity (Wildman–Crippen MR) is 69.7 cm³/mol. The zero-order valence-corrected chi connectivity index (χ0v) is 10.9. The summed E-state index contributed by atoms with van der Waals surface area (Å²) in [5.74, 6) is 0. The summed E-state index contributed by atoms with van der Waals surface area (Å²) in [6.07, 6.45) is 10.0. The van der Waals surface area contributed by atoms with Gasteiger partial charge in [-0.25, -0.2) is 0 Å². The Hall–Kier alpha value is -0.0800. The molecule has 2 aliphatic rings. The largest absolute Gasteiger partial charge is 0.315 e. The van der Waals surface area contributed by atoms with Crippen molar-refractivity contribution in [1.29, 1.82) is 0 Å². The number of nitrogens with zero attached hydrogens (tertiary/aromatic N) is 1. The van der Waals surface area contributed by atoms with Crippen LogP contribution >= 0.6 is 0 Å². The highest BCUT2D eigenvalue weighted by Gasteiger charge is 2.27. The molecule has 1 saturated carbocycles. The van der Waals surface area contributed by atoms with Gasteiger partial charge in [-0.2, -0.15) is 0 Å². The summed E-state index contributed by atoms with van der Waals surface area (Å²) in [5, 5.41) is 3.67. The number of piperidine rings is 1. The standard InChI is InChI=1S/C14H28N2/c1-14(7-3-4-8-14)13-15-9-12-16-10-5-2-6-11-16/h15H,2-13H2,1H3. The lowest BCUT2D eigenvalue weighted by Gasteiger charge is -2.28. The smallest absolute Gasteiger partial charge is 0.0107 e.